The van der Waals surface area contributed by atoms with Crippen molar-refractivity contribution >= 4 is 13.0 Å². The van der Waals surface area contributed by atoms with Crippen LogP contribution >= 0.6 is 0 Å². The van der Waals surface area contributed by atoms with Crippen molar-refractivity contribution in [3.8, 4) is 0 Å². The lowest BCUT2D eigenvalue weighted by molar-refractivity contribution is -0.138. The molecule has 5 nitrogen and oxygen atoms in total. The number of hydrogen-bond donors (Lipinski definition) is 0. The lowest BCUT2D eigenvalue weighted by Crippen LogP contribution is -2.42. The molecular formula is C17H28BNO4. The molecule has 2 saturated heterocycles. The quantitative estimate of drug-likeness (QED) is 0.732. The molecule has 1 amide bonds. The summed E-state index contributed by atoms with van der Waals surface area (Å²) in [7, 11) is -0.277. The minimum absolute atomic E-state index is 0.135. The third-order valence-corrected chi connectivity index (χ3v) is 5.68. The van der Waals surface area contributed by atoms with Crippen LogP contribution in [0.5, 0.6) is 0 Å². The van der Waals surface area contributed by atoms with Crippen LogP contribution in [0.3, 0.4) is 0 Å². The Morgan fingerprint density at radius 1 is 1.17 bits per heavy atom. The van der Waals surface area contributed by atoms with Gasteiger partial charge in [0.15, 0.2) is 0 Å². The molecule has 0 N–H and O–H groups in total. The number of ether oxygens (including phenoxy) is 1. The van der Waals surface area contributed by atoms with Crippen molar-refractivity contribution in [3.63, 3.8) is 0 Å². The molecule has 0 aromatic rings. The van der Waals surface area contributed by atoms with Crippen LogP contribution in [0.1, 0.15) is 47.0 Å². The smallest absolute Gasteiger partial charge is 0.400 e. The first-order valence-corrected chi connectivity index (χ1v) is 8.71. The summed E-state index contributed by atoms with van der Waals surface area (Å²) in [4.78, 5) is 14.5. The second-order valence-electron chi connectivity index (χ2n) is 7.79. The largest absolute Gasteiger partial charge is 0.490 e. The van der Waals surface area contributed by atoms with Gasteiger partial charge in [-0.2, -0.15) is 0 Å². The summed E-state index contributed by atoms with van der Waals surface area (Å²) < 4.78 is 17.6. The molecule has 0 atom stereocenters. The summed E-state index contributed by atoms with van der Waals surface area (Å²) in [5.41, 5.74) is 0.542. The van der Waals surface area contributed by atoms with Gasteiger partial charge in [-0.25, -0.2) is 0 Å². The number of rotatable bonds is 2. The van der Waals surface area contributed by atoms with Gasteiger partial charge in [0, 0.05) is 32.2 Å². The third-order valence-electron chi connectivity index (χ3n) is 5.68. The zero-order valence-electron chi connectivity index (χ0n) is 14.8. The first kappa shape index (κ1) is 17.0. The Balaban J connectivity index is 1.59. The molecular weight excluding hydrogens is 293 g/mol. The average molecular weight is 321 g/mol. The molecule has 0 saturated carbocycles. The minimum Gasteiger partial charge on any atom is -0.400 e. The molecule has 6 heteroatoms. The van der Waals surface area contributed by atoms with Crippen molar-refractivity contribution in [2.75, 3.05) is 26.3 Å². The monoisotopic (exact) mass is 321 g/mol. The maximum absolute atomic E-state index is 12.6. The average Bonchev–Trinajstić information content (AvgIpc) is 2.76. The van der Waals surface area contributed by atoms with Crippen molar-refractivity contribution in [2.24, 2.45) is 5.92 Å². The van der Waals surface area contributed by atoms with Crippen molar-refractivity contribution in [3.05, 3.63) is 11.5 Å². The number of hydrogen-bond acceptors (Lipinski definition) is 4. The fraction of sp³-hybridized carbons (Fsp3) is 0.824. The molecule has 0 aliphatic carbocycles. The van der Waals surface area contributed by atoms with E-state index in [1.165, 1.54) is 5.47 Å². The van der Waals surface area contributed by atoms with Gasteiger partial charge in [0.1, 0.15) is 0 Å². The maximum atomic E-state index is 12.6. The van der Waals surface area contributed by atoms with E-state index in [0.29, 0.717) is 19.8 Å². The predicted molar refractivity (Wildman–Crippen MR) is 88.9 cm³/mol. The highest BCUT2D eigenvalue weighted by Gasteiger charge is 2.52. The lowest BCUT2D eigenvalue weighted by atomic mass is 9.74. The molecule has 3 aliphatic heterocycles. The Kier molecular flexibility index (Phi) is 4.60. The fourth-order valence-electron chi connectivity index (χ4n) is 3.30. The van der Waals surface area contributed by atoms with Gasteiger partial charge in [0.25, 0.3) is 0 Å². The molecule has 3 heterocycles. The first-order chi connectivity index (χ1) is 10.8. The van der Waals surface area contributed by atoms with Crippen molar-refractivity contribution in [1.82, 2.24) is 4.90 Å². The Labute approximate surface area is 139 Å². The SMILES string of the molecule is CC1(C)OB(C2=CCN(C(=O)C3CCOCC3)CC2)OC1(C)C. The molecule has 0 bridgehead atoms. The highest BCUT2D eigenvalue weighted by atomic mass is 16.7. The number of carbonyl (C=O) groups excluding carboxylic acids is 1. The van der Waals surface area contributed by atoms with E-state index in [1.807, 2.05) is 4.90 Å². The molecule has 3 rings (SSSR count). The van der Waals surface area contributed by atoms with E-state index in [4.69, 9.17) is 14.0 Å². The topological polar surface area (TPSA) is 48.0 Å². The second kappa shape index (κ2) is 6.23. The molecule has 0 aromatic heterocycles. The maximum Gasteiger partial charge on any atom is 0.490 e. The summed E-state index contributed by atoms with van der Waals surface area (Å²) in [6.45, 7) is 11.1. The van der Waals surface area contributed by atoms with Gasteiger partial charge < -0.3 is 18.9 Å². The summed E-state index contributed by atoms with van der Waals surface area (Å²) in [6.07, 6.45) is 4.64. The molecule has 128 valence electrons. The zero-order valence-corrected chi connectivity index (χ0v) is 14.8. The van der Waals surface area contributed by atoms with Gasteiger partial charge >= 0.3 is 7.12 Å². The molecule has 0 radical (unpaired) electrons. The minimum atomic E-state index is -0.312. The summed E-state index contributed by atoms with van der Waals surface area (Å²) in [5, 5.41) is 0. The van der Waals surface area contributed by atoms with E-state index in [2.05, 4.69) is 33.8 Å². The predicted octanol–water partition coefficient (Wildman–Crippen LogP) is 2.20. The van der Waals surface area contributed by atoms with E-state index in [-0.39, 0.29) is 30.1 Å². The van der Waals surface area contributed by atoms with E-state index in [0.717, 1.165) is 25.8 Å². The van der Waals surface area contributed by atoms with Gasteiger partial charge in [0.05, 0.1) is 11.2 Å². The van der Waals surface area contributed by atoms with Gasteiger partial charge in [-0.15, -0.1) is 0 Å². The second-order valence-corrected chi connectivity index (χ2v) is 7.79. The molecule has 0 unspecified atom stereocenters. The van der Waals surface area contributed by atoms with Gasteiger partial charge in [-0.05, 0) is 52.4 Å². The molecule has 0 spiro atoms. The normalized spacial score (nSPS) is 27.9. The Hall–Kier alpha value is -0.845. The zero-order chi connectivity index (χ0) is 16.7. The van der Waals surface area contributed by atoms with E-state index >= 15 is 0 Å². The molecule has 0 aromatic carbocycles. The van der Waals surface area contributed by atoms with Crippen molar-refractivity contribution in [1.29, 1.82) is 0 Å². The highest BCUT2D eigenvalue weighted by Crippen LogP contribution is 2.39. The molecule has 23 heavy (non-hydrogen) atoms. The van der Waals surface area contributed by atoms with Crippen LogP contribution in [0.25, 0.3) is 0 Å². The highest BCUT2D eigenvalue weighted by molar-refractivity contribution is 6.54. The Morgan fingerprint density at radius 2 is 1.78 bits per heavy atom. The Bertz CT molecular complexity index is 481. The van der Waals surface area contributed by atoms with Crippen molar-refractivity contribution in [2.45, 2.75) is 58.2 Å². The standard InChI is InChI=1S/C17H28BNO4/c1-16(2)17(3,4)23-18(22-16)14-5-9-19(10-6-14)15(20)13-7-11-21-12-8-13/h5,13H,6-12H2,1-4H3. The van der Waals surface area contributed by atoms with Gasteiger partial charge in [-0.1, -0.05) is 6.08 Å². The Morgan fingerprint density at radius 3 is 2.30 bits per heavy atom. The molecule has 2 fully saturated rings. The van der Waals surface area contributed by atoms with Crippen LogP contribution in [0, 0.1) is 5.92 Å². The summed E-state index contributed by atoms with van der Waals surface area (Å²) in [6, 6.07) is 0. The number of nitrogens with zero attached hydrogens (tertiary/aromatic N) is 1. The van der Waals surface area contributed by atoms with Crippen LogP contribution in [0.2, 0.25) is 0 Å². The van der Waals surface area contributed by atoms with E-state index in [1.54, 1.807) is 0 Å². The van der Waals surface area contributed by atoms with Crippen LogP contribution in [0.15, 0.2) is 11.5 Å². The van der Waals surface area contributed by atoms with Crippen LogP contribution in [0.4, 0.5) is 0 Å². The van der Waals surface area contributed by atoms with E-state index < -0.39 is 0 Å². The van der Waals surface area contributed by atoms with Crippen LogP contribution < -0.4 is 0 Å². The summed E-state index contributed by atoms with van der Waals surface area (Å²) >= 11 is 0. The fourth-order valence-corrected chi connectivity index (χ4v) is 3.30. The van der Waals surface area contributed by atoms with Gasteiger partial charge in [0.2, 0.25) is 5.91 Å². The van der Waals surface area contributed by atoms with Crippen LogP contribution in [-0.2, 0) is 18.8 Å². The summed E-state index contributed by atoms with van der Waals surface area (Å²) in [5.74, 6) is 0.410. The lowest BCUT2D eigenvalue weighted by Gasteiger charge is -2.32. The number of amides is 1. The molecule has 3 aliphatic rings. The first-order valence-electron chi connectivity index (χ1n) is 8.71. The van der Waals surface area contributed by atoms with Gasteiger partial charge in [-0.3, -0.25) is 4.79 Å². The third kappa shape index (κ3) is 3.35. The van der Waals surface area contributed by atoms with E-state index in [9.17, 15) is 4.79 Å². The van der Waals surface area contributed by atoms with Crippen LogP contribution in [-0.4, -0.2) is 55.4 Å². The number of carbonyl (C=O) groups is 1. The van der Waals surface area contributed by atoms with Crippen molar-refractivity contribution < 1.29 is 18.8 Å².